The number of nitro groups is 1. The summed E-state index contributed by atoms with van der Waals surface area (Å²) in [7, 11) is -2.36. The number of halogens is 1. The summed E-state index contributed by atoms with van der Waals surface area (Å²) in [6.07, 6.45) is 0.241. The van der Waals surface area contributed by atoms with E-state index in [1.807, 2.05) is 0 Å². The normalized spacial score (nSPS) is 11.7. The maximum absolute atomic E-state index is 11.9. The fourth-order valence-corrected chi connectivity index (χ4v) is 3.50. The molecule has 0 N–H and O–H groups in total. The molecule has 0 saturated heterocycles. The third-order valence-electron chi connectivity index (χ3n) is 2.16. The summed E-state index contributed by atoms with van der Waals surface area (Å²) in [6, 6.07) is 0. The number of sulfone groups is 1. The summed E-state index contributed by atoms with van der Waals surface area (Å²) in [4.78, 5) is 10.1. The van der Waals surface area contributed by atoms with Crippen LogP contribution in [0.2, 0.25) is 0 Å². The van der Waals surface area contributed by atoms with Crippen molar-refractivity contribution in [3.63, 3.8) is 0 Å². The van der Waals surface area contributed by atoms with E-state index in [4.69, 9.17) is 11.6 Å². The average Bonchev–Trinajstić information content (AvgIpc) is 2.51. The van der Waals surface area contributed by atoms with E-state index in [0.29, 0.717) is 0 Å². The number of hydrogen-bond acceptors (Lipinski definition) is 5. The van der Waals surface area contributed by atoms with Crippen LogP contribution in [0.4, 0.5) is 5.69 Å². The van der Waals surface area contributed by atoms with Crippen LogP contribution in [0.3, 0.4) is 0 Å². The minimum Gasteiger partial charge on any atom is -0.258 e. The molecule has 96 valence electrons. The van der Waals surface area contributed by atoms with Gasteiger partial charge in [-0.15, -0.1) is 11.6 Å². The van der Waals surface area contributed by atoms with Gasteiger partial charge in [-0.25, -0.2) is 8.42 Å². The molecule has 0 unspecified atom stereocenters. The molecule has 1 aromatic rings. The number of aromatic nitrogens is 2. The number of hydrogen-bond donors (Lipinski definition) is 0. The predicted molar refractivity (Wildman–Crippen MR) is 62.0 cm³/mol. The molecule has 0 aliphatic carbocycles. The fraction of sp³-hybridized carbons (Fsp3) is 0.625. The van der Waals surface area contributed by atoms with Gasteiger partial charge in [0, 0.05) is 12.9 Å². The Morgan fingerprint density at radius 3 is 2.59 bits per heavy atom. The standard InChI is InChI=1S/C8H12ClN3O4S/c1-6-7(12(13)14)8(11(2)10-6)17(15,16)5-3-4-9/h3-5H2,1-2H3. The molecule has 0 saturated carbocycles. The van der Waals surface area contributed by atoms with Gasteiger partial charge in [0.05, 0.1) is 10.7 Å². The Morgan fingerprint density at radius 1 is 1.53 bits per heavy atom. The predicted octanol–water partition coefficient (Wildman–Crippen LogP) is 1.04. The first kappa shape index (κ1) is 13.9. The Balaban J connectivity index is 3.35. The second-order valence-electron chi connectivity index (χ2n) is 3.48. The van der Waals surface area contributed by atoms with Crippen molar-refractivity contribution in [1.29, 1.82) is 0 Å². The first-order chi connectivity index (χ1) is 7.81. The van der Waals surface area contributed by atoms with Crippen molar-refractivity contribution in [2.75, 3.05) is 11.6 Å². The van der Waals surface area contributed by atoms with Crippen LogP contribution in [0.5, 0.6) is 0 Å². The van der Waals surface area contributed by atoms with Crippen molar-refractivity contribution < 1.29 is 13.3 Å². The molecule has 1 rings (SSSR count). The van der Waals surface area contributed by atoms with Crippen LogP contribution < -0.4 is 0 Å². The molecule has 0 radical (unpaired) electrons. The third-order valence-corrected chi connectivity index (χ3v) is 4.30. The Hall–Kier alpha value is -1.15. The molecule has 0 bridgehead atoms. The fourth-order valence-electron chi connectivity index (χ4n) is 1.53. The smallest absolute Gasteiger partial charge is 0.258 e. The van der Waals surface area contributed by atoms with E-state index in [1.54, 1.807) is 0 Å². The first-order valence-electron chi connectivity index (χ1n) is 4.78. The van der Waals surface area contributed by atoms with E-state index in [9.17, 15) is 18.5 Å². The van der Waals surface area contributed by atoms with Crippen LogP contribution in [-0.4, -0.2) is 34.8 Å². The van der Waals surface area contributed by atoms with Crippen molar-refractivity contribution in [1.82, 2.24) is 9.78 Å². The zero-order valence-corrected chi connectivity index (χ0v) is 11.0. The molecule has 7 nitrogen and oxygen atoms in total. The van der Waals surface area contributed by atoms with Crippen LogP contribution >= 0.6 is 11.6 Å². The second kappa shape index (κ2) is 5.01. The minimum absolute atomic E-state index is 0.0851. The number of nitrogens with zero attached hydrogens (tertiary/aromatic N) is 3. The lowest BCUT2D eigenvalue weighted by Crippen LogP contribution is -2.13. The lowest BCUT2D eigenvalue weighted by molar-refractivity contribution is -0.388. The number of rotatable bonds is 5. The third kappa shape index (κ3) is 2.75. The summed E-state index contributed by atoms with van der Waals surface area (Å²) in [5, 5.41) is 14.3. The zero-order chi connectivity index (χ0) is 13.2. The van der Waals surface area contributed by atoms with Crippen LogP contribution in [0, 0.1) is 17.0 Å². The quantitative estimate of drug-likeness (QED) is 0.456. The van der Waals surface area contributed by atoms with Gasteiger partial charge in [-0.2, -0.15) is 5.10 Å². The van der Waals surface area contributed by atoms with Gasteiger partial charge in [0.1, 0.15) is 5.69 Å². The highest BCUT2D eigenvalue weighted by Gasteiger charge is 2.33. The molecule has 0 amide bonds. The Bertz CT molecular complexity index is 537. The topological polar surface area (TPSA) is 95.1 Å². The summed E-state index contributed by atoms with van der Waals surface area (Å²) in [5.74, 6) is -0.0415. The molecule has 0 atom stereocenters. The van der Waals surface area contributed by atoms with Gasteiger partial charge in [0.2, 0.25) is 14.9 Å². The van der Waals surface area contributed by atoms with Crippen molar-refractivity contribution in [3.05, 3.63) is 15.8 Å². The number of aryl methyl sites for hydroxylation is 2. The van der Waals surface area contributed by atoms with E-state index < -0.39 is 20.4 Å². The number of alkyl halides is 1. The Kier molecular flexibility index (Phi) is 4.10. The molecular formula is C8H12ClN3O4S. The van der Waals surface area contributed by atoms with Gasteiger partial charge in [0.15, 0.2) is 0 Å². The monoisotopic (exact) mass is 281 g/mol. The van der Waals surface area contributed by atoms with Crippen LogP contribution in [0.15, 0.2) is 5.03 Å². The van der Waals surface area contributed by atoms with Gasteiger partial charge in [-0.1, -0.05) is 0 Å². The van der Waals surface area contributed by atoms with E-state index in [2.05, 4.69) is 5.10 Å². The van der Waals surface area contributed by atoms with E-state index in [-0.39, 0.29) is 28.8 Å². The SMILES string of the molecule is Cc1nn(C)c(S(=O)(=O)CCCCl)c1[N+](=O)[O-]. The van der Waals surface area contributed by atoms with Crippen molar-refractivity contribution >= 4 is 27.1 Å². The maximum atomic E-state index is 11.9. The molecule has 0 aromatic carbocycles. The second-order valence-corrected chi connectivity index (χ2v) is 5.88. The van der Waals surface area contributed by atoms with Crippen LogP contribution in [0.25, 0.3) is 0 Å². The average molecular weight is 282 g/mol. The van der Waals surface area contributed by atoms with Crippen molar-refractivity contribution in [2.24, 2.45) is 7.05 Å². The van der Waals surface area contributed by atoms with Gasteiger partial charge in [-0.05, 0) is 13.3 Å². The molecular weight excluding hydrogens is 270 g/mol. The molecule has 0 fully saturated rings. The highest BCUT2D eigenvalue weighted by atomic mass is 35.5. The van der Waals surface area contributed by atoms with E-state index in [1.165, 1.54) is 14.0 Å². The maximum Gasteiger partial charge on any atom is 0.328 e. The molecule has 1 heterocycles. The first-order valence-corrected chi connectivity index (χ1v) is 6.96. The van der Waals surface area contributed by atoms with Gasteiger partial charge >= 0.3 is 5.69 Å². The summed E-state index contributed by atoms with van der Waals surface area (Å²) < 4.78 is 24.9. The lowest BCUT2D eigenvalue weighted by Gasteiger charge is -2.02. The van der Waals surface area contributed by atoms with Gasteiger partial charge < -0.3 is 0 Å². The van der Waals surface area contributed by atoms with E-state index >= 15 is 0 Å². The molecule has 0 aliphatic rings. The summed E-state index contributed by atoms with van der Waals surface area (Å²) >= 11 is 5.42. The van der Waals surface area contributed by atoms with Gasteiger partial charge in [-0.3, -0.25) is 14.8 Å². The largest absolute Gasteiger partial charge is 0.328 e. The molecule has 9 heteroatoms. The highest BCUT2D eigenvalue weighted by molar-refractivity contribution is 7.91. The van der Waals surface area contributed by atoms with Gasteiger partial charge in [0.25, 0.3) is 0 Å². The summed E-state index contributed by atoms with van der Waals surface area (Å²) in [5.41, 5.74) is -0.371. The van der Waals surface area contributed by atoms with Crippen molar-refractivity contribution in [3.8, 4) is 0 Å². The zero-order valence-electron chi connectivity index (χ0n) is 9.38. The molecule has 0 spiro atoms. The Labute approximate surface area is 103 Å². The molecule has 1 aromatic heterocycles. The lowest BCUT2D eigenvalue weighted by atomic mass is 10.4. The summed E-state index contributed by atoms with van der Waals surface area (Å²) in [6.45, 7) is 1.40. The molecule has 0 aliphatic heterocycles. The van der Waals surface area contributed by atoms with Crippen molar-refractivity contribution in [2.45, 2.75) is 18.4 Å². The molecule has 17 heavy (non-hydrogen) atoms. The minimum atomic E-state index is -3.73. The van der Waals surface area contributed by atoms with Crippen LogP contribution in [-0.2, 0) is 16.9 Å². The van der Waals surface area contributed by atoms with Crippen LogP contribution in [0.1, 0.15) is 12.1 Å². The van der Waals surface area contributed by atoms with E-state index in [0.717, 1.165) is 4.68 Å². The highest BCUT2D eigenvalue weighted by Crippen LogP contribution is 2.27. The Morgan fingerprint density at radius 2 is 2.12 bits per heavy atom.